The van der Waals surface area contributed by atoms with E-state index < -0.39 is 6.04 Å². The van der Waals surface area contributed by atoms with Crippen LogP contribution in [0, 0.1) is 5.92 Å². The Morgan fingerprint density at radius 1 is 1.03 bits per heavy atom. The summed E-state index contributed by atoms with van der Waals surface area (Å²) < 4.78 is 0.895. The highest BCUT2D eigenvalue weighted by molar-refractivity contribution is 9.10. The molecule has 1 heterocycles. The summed E-state index contributed by atoms with van der Waals surface area (Å²) in [7, 11) is 0. The minimum absolute atomic E-state index is 0.136. The monoisotopic (exact) mass is 521 g/mol. The summed E-state index contributed by atoms with van der Waals surface area (Å²) >= 11 is 3.47. The maximum Gasteiger partial charge on any atom is 0.259 e. The maximum atomic E-state index is 13.6. The first-order valence-corrected chi connectivity index (χ1v) is 12.2. The van der Waals surface area contributed by atoms with Crippen LogP contribution in [-0.4, -0.2) is 41.8 Å². The summed E-state index contributed by atoms with van der Waals surface area (Å²) in [4.78, 5) is 42.8. The molecule has 1 aliphatic rings. The molecule has 1 atom stereocenters. The molecule has 34 heavy (non-hydrogen) atoms. The van der Waals surface area contributed by atoms with Crippen LogP contribution in [0.25, 0.3) is 10.8 Å². The highest BCUT2D eigenvalue weighted by atomic mass is 79.9. The normalized spacial score (nSPS) is 13.4. The van der Waals surface area contributed by atoms with Crippen LogP contribution >= 0.6 is 15.9 Å². The van der Waals surface area contributed by atoms with Gasteiger partial charge in [-0.1, -0.05) is 66.2 Å². The number of carbonyl (C=O) groups is 3. The molecule has 7 heteroatoms. The molecule has 0 radical (unpaired) electrons. The predicted molar refractivity (Wildman–Crippen MR) is 138 cm³/mol. The highest BCUT2D eigenvalue weighted by Gasteiger charge is 2.34. The molecule has 3 aromatic carbocycles. The number of carbonyl (C=O) groups excluding carboxylic acids is 3. The Labute approximate surface area is 208 Å². The van der Waals surface area contributed by atoms with E-state index in [2.05, 4.69) is 21.2 Å². The lowest BCUT2D eigenvalue weighted by Crippen LogP contribution is -2.51. The number of hydrogen-bond donors (Lipinski definition) is 1. The molecule has 0 aliphatic carbocycles. The van der Waals surface area contributed by atoms with Gasteiger partial charge in [-0.15, -0.1) is 0 Å². The third kappa shape index (κ3) is 4.85. The number of nitrogens with one attached hydrogen (secondary N) is 1. The SMILES string of the molecule is CC(C)CNC(=O)[C@@H](C)N(Cc1cccc(Br)c1)C(=O)CN1C(=O)c2cccc3cccc1c23. The van der Waals surface area contributed by atoms with Gasteiger partial charge < -0.3 is 10.2 Å². The van der Waals surface area contributed by atoms with Gasteiger partial charge in [-0.05, 0) is 48.1 Å². The van der Waals surface area contributed by atoms with E-state index in [1.54, 1.807) is 17.9 Å². The number of amides is 3. The molecule has 0 unspecified atom stereocenters. The number of anilines is 1. The quantitative estimate of drug-likeness (QED) is 0.464. The zero-order valence-corrected chi connectivity index (χ0v) is 21.1. The van der Waals surface area contributed by atoms with E-state index in [-0.39, 0.29) is 30.8 Å². The van der Waals surface area contributed by atoms with E-state index in [4.69, 9.17) is 0 Å². The Balaban J connectivity index is 1.61. The van der Waals surface area contributed by atoms with Crippen molar-refractivity contribution in [2.24, 2.45) is 5.92 Å². The van der Waals surface area contributed by atoms with Gasteiger partial charge in [0.05, 0.1) is 5.69 Å². The van der Waals surface area contributed by atoms with Crippen molar-refractivity contribution < 1.29 is 14.4 Å². The van der Waals surface area contributed by atoms with Crippen molar-refractivity contribution in [3.8, 4) is 0 Å². The molecule has 0 fully saturated rings. The Morgan fingerprint density at radius 2 is 1.74 bits per heavy atom. The largest absolute Gasteiger partial charge is 0.354 e. The molecule has 176 valence electrons. The van der Waals surface area contributed by atoms with Crippen molar-refractivity contribution in [3.63, 3.8) is 0 Å². The van der Waals surface area contributed by atoms with Crippen LogP contribution < -0.4 is 10.2 Å². The van der Waals surface area contributed by atoms with E-state index in [1.165, 1.54) is 4.90 Å². The van der Waals surface area contributed by atoms with E-state index >= 15 is 0 Å². The smallest absolute Gasteiger partial charge is 0.259 e. The molecule has 3 aromatic rings. The molecule has 0 saturated heterocycles. The van der Waals surface area contributed by atoms with Crippen molar-refractivity contribution >= 4 is 50.1 Å². The molecule has 1 aliphatic heterocycles. The number of nitrogens with zero attached hydrogens (tertiary/aromatic N) is 2. The first-order chi connectivity index (χ1) is 16.3. The fourth-order valence-corrected chi connectivity index (χ4v) is 4.68. The van der Waals surface area contributed by atoms with Gasteiger partial charge in [-0.3, -0.25) is 19.3 Å². The van der Waals surface area contributed by atoms with Crippen molar-refractivity contribution in [1.82, 2.24) is 10.2 Å². The summed E-state index contributed by atoms with van der Waals surface area (Å²) in [5.74, 6) is -0.397. The number of hydrogen-bond acceptors (Lipinski definition) is 3. The molecule has 0 aromatic heterocycles. The van der Waals surface area contributed by atoms with Gasteiger partial charge >= 0.3 is 0 Å². The zero-order chi connectivity index (χ0) is 24.4. The molecule has 1 N–H and O–H groups in total. The average molecular weight is 522 g/mol. The van der Waals surface area contributed by atoms with E-state index in [9.17, 15) is 14.4 Å². The molecule has 3 amide bonds. The molecule has 4 rings (SSSR count). The van der Waals surface area contributed by atoms with E-state index in [1.807, 2.05) is 68.4 Å². The molecule has 0 saturated carbocycles. The number of rotatable bonds is 8. The second-order valence-electron chi connectivity index (χ2n) is 9.04. The minimum Gasteiger partial charge on any atom is -0.354 e. The molecular formula is C27H28BrN3O3. The fraction of sp³-hybridized carbons (Fsp3) is 0.296. The van der Waals surface area contributed by atoms with Crippen molar-refractivity contribution in [1.29, 1.82) is 0 Å². The molecular weight excluding hydrogens is 494 g/mol. The van der Waals surface area contributed by atoms with Crippen LogP contribution in [0.2, 0.25) is 0 Å². The number of halogens is 1. The third-order valence-electron chi connectivity index (χ3n) is 6.04. The van der Waals surface area contributed by atoms with Gasteiger partial charge in [0.25, 0.3) is 5.91 Å². The van der Waals surface area contributed by atoms with Gasteiger partial charge in [0.1, 0.15) is 12.6 Å². The van der Waals surface area contributed by atoms with Crippen LogP contribution in [0.15, 0.2) is 65.1 Å². The molecule has 6 nitrogen and oxygen atoms in total. The van der Waals surface area contributed by atoms with Gasteiger partial charge in [0.2, 0.25) is 11.8 Å². The number of benzene rings is 3. The summed E-state index contributed by atoms with van der Waals surface area (Å²) in [5, 5.41) is 4.75. The molecule has 0 spiro atoms. The predicted octanol–water partition coefficient (Wildman–Crippen LogP) is 4.75. The average Bonchev–Trinajstić information content (AvgIpc) is 3.08. The van der Waals surface area contributed by atoms with Gasteiger partial charge in [0.15, 0.2) is 0 Å². The van der Waals surface area contributed by atoms with Crippen LogP contribution in [0.5, 0.6) is 0 Å². The topological polar surface area (TPSA) is 69.7 Å². The summed E-state index contributed by atoms with van der Waals surface area (Å²) in [6.07, 6.45) is 0. The summed E-state index contributed by atoms with van der Waals surface area (Å²) in [5.41, 5.74) is 2.22. The minimum atomic E-state index is -0.693. The second-order valence-corrected chi connectivity index (χ2v) is 9.95. The van der Waals surface area contributed by atoms with Gasteiger partial charge in [-0.25, -0.2) is 0 Å². The fourth-order valence-electron chi connectivity index (χ4n) is 4.23. The lowest BCUT2D eigenvalue weighted by atomic mass is 10.1. The first-order valence-electron chi connectivity index (χ1n) is 11.4. The summed E-state index contributed by atoms with van der Waals surface area (Å²) in [6.45, 7) is 6.42. The molecule has 0 bridgehead atoms. The lowest BCUT2D eigenvalue weighted by molar-refractivity contribution is -0.139. The Bertz CT molecular complexity index is 1250. The Kier molecular flexibility index (Phi) is 7.03. The van der Waals surface area contributed by atoms with E-state index in [0.29, 0.717) is 18.0 Å². The zero-order valence-electron chi connectivity index (χ0n) is 19.5. The van der Waals surface area contributed by atoms with Gasteiger partial charge in [0, 0.05) is 28.5 Å². The van der Waals surface area contributed by atoms with E-state index in [0.717, 1.165) is 26.5 Å². The summed E-state index contributed by atoms with van der Waals surface area (Å²) in [6, 6.07) is 18.3. The highest BCUT2D eigenvalue weighted by Crippen LogP contribution is 2.37. The first kappa shape index (κ1) is 24.0. The van der Waals surface area contributed by atoms with Crippen LogP contribution in [0.1, 0.15) is 36.7 Å². The Hall–Kier alpha value is -3.19. The maximum absolute atomic E-state index is 13.6. The van der Waals surface area contributed by atoms with Crippen molar-refractivity contribution in [2.75, 3.05) is 18.0 Å². The standard InChI is InChI=1S/C27H28BrN3O3/c1-17(2)14-29-26(33)18(3)30(15-19-7-4-10-21(28)13-19)24(32)16-31-23-12-6-9-20-8-5-11-22(25(20)23)27(31)34/h4-13,17-18H,14-16H2,1-3H3,(H,29,33)/t18-/m1/s1. The second kappa shape index (κ2) is 9.97. The van der Waals surface area contributed by atoms with Crippen molar-refractivity contribution in [2.45, 2.75) is 33.4 Å². The van der Waals surface area contributed by atoms with Crippen LogP contribution in [-0.2, 0) is 16.1 Å². The van der Waals surface area contributed by atoms with Crippen LogP contribution in [0.3, 0.4) is 0 Å². The van der Waals surface area contributed by atoms with Gasteiger partial charge in [-0.2, -0.15) is 0 Å². The third-order valence-corrected chi connectivity index (χ3v) is 6.53. The lowest BCUT2D eigenvalue weighted by Gasteiger charge is -2.31. The Morgan fingerprint density at radius 3 is 2.44 bits per heavy atom. The van der Waals surface area contributed by atoms with Crippen LogP contribution in [0.4, 0.5) is 5.69 Å². The van der Waals surface area contributed by atoms with Crippen molar-refractivity contribution in [3.05, 3.63) is 76.3 Å².